The average molecular weight is 411 g/mol. The van der Waals surface area contributed by atoms with E-state index < -0.39 is 0 Å². The fraction of sp³-hybridized carbons (Fsp3) is 0.286. The number of hydrogen-bond acceptors (Lipinski definition) is 2. The molecular formula is C7H4Br3ClOS. The normalized spacial score (nSPS) is 10.5. The smallest absolute Gasteiger partial charge is 0.167 e. The number of halogens is 4. The third-order valence-corrected chi connectivity index (χ3v) is 5.68. The van der Waals surface area contributed by atoms with E-state index in [1.807, 2.05) is 0 Å². The van der Waals surface area contributed by atoms with Gasteiger partial charge in [-0.25, -0.2) is 0 Å². The molecule has 6 heteroatoms. The van der Waals surface area contributed by atoms with E-state index in [0.717, 1.165) is 12.0 Å². The van der Waals surface area contributed by atoms with Crippen LogP contribution in [0.2, 0.25) is 0 Å². The van der Waals surface area contributed by atoms with E-state index in [4.69, 9.17) is 11.6 Å². The molecule has 0 fully saturated rings. The van der Waals surface area contributed by atoms with Crippen molar-refractivity contribution in [3.8, 4) is 0 Å². The van der Waals surface area contributed by atoms with Crippen LogP contribution in [0.15, 0.2) is 12.0 Å². The molecular weight excluding hydrogens is 407 g/mol. The Balaban J connectivity index is 3.06. The van der Waals surface area contributed by atoms with Crippen LogP contribution >= 0.6 is 70.7 Å². The molecule has 0 spiro atoms. The summed E-state index contributed by atoms with van der Waals surface area (Å²) in [6, 6.07) is 0. The van der Waals surface area contributed by atoms with E-state index in [1.54, 1.807) is 0 Å². The zero-order valence-electron chi connectivity index (χ0n) is 6.24. The van der Waals surface area contributed by atoms with Crippen LogP contribution in [0, 0.1) is 0 Å². The third kappa shape index (κ3) is 2.78. The maximum atomic E-state index is 11.5. The van der Waals surface area contributed by atoms with Crippen LogP contribution in [-0.4, -0.2) is 11.7 Å². The number of alkyl halides is 1. The Kier molecular flexibility index (Phi) is 4.92. The first-order valence-corrected chi connectivity index (χ1v) is 7.03. The van der Waals surface area contributed by atoms with Gasteiger partial charge in [-0.15, -0.1) is 22.9 Å². The molecule has 0 N–H and O–H groups in total. The predicted molar refractivity (Wildman–Crippen MR) is 67.1 cm³/mol. The molecule has 0 radical (unpaired) electrons. The predicted octanol–water partition coefficient (Wildman–Crippen LogP) is 4.85. The summed E-state index contributed by atoms with van der Waals surface area (Å²) in [5.74, 6) is 0.404. The Hall–Kier alpha value is 1.10. The minimum atomic E-state index is 0.0516. The van der Waals surface area contributed by atoms with Crippen molar-refractivity contribution in [1.29, 1.82) is 0 Å². The standard InChI is InChI=1S/C7H4Br3ClOS/c8-5-4(3(12)1-2-11)6(9)13-7(5)10/h1-2H2. The highest BCUT2D eigenvalue weighted by Gasteiger charge is 2.18. The lowest BCUT2D eigenvalue weighted by Crippen LogP contribution is -1.99. The first-order chi connectivity index (χ1) is 6.07. The molecule has 0 bridgehead atoms. The molecule has 72 valence electrons. The summed E-state index contributed by atoms with van der Waals surface area (Å²) in [6.07, 6.45) is 0.363. The summed E-state index contributed by atoms with van der Waals surface area (Å²) in [4.78, 5) is 11.5. The van der Waals surface area contributed by atoms with Crippen molar-refractivity contribution < 1.29 is 4.79 Å². The SMILES string of the molecule is O=C(CCCl)c1c(Br)sc(Br)c1Br. The van der Waals surface area contributed by atoms with E-state index >= 15 is 0 Å². The molecule has 1 aromatic heterocycles. The molecule has 13 heavy (non-hydrogen) atoms. The Labute approximate surface area is 110 Å². The summed E-state index contributed by atoms with van der Waals surface area (Å²) in [6.45, 7) is 0. The Morgan fingerprint density at radius 1 is 1.31 bits per heavy atom. The minimum absolute atomic E-state index is 0.0516. The van der Waals surface area contributed by atoms with Crippen molar-refractivity contribution in [1.82, 2.24) is 0 Å². The van der Waals surface area contributed by atoms with Gasteiger partial charge in [-0.1, -0.05) is 0 Å². The van der Waals surface area contributed by atoms with Crippen molar-refractivity contribution in [2.75, 3.05) is 5.88 Å². The lowest BCUT2D eigenvalue weighted by atomic mass is 10.2. The largest absolute Gasteiger partial charge is 0.294 e. The molecule has 0 saturated carbocycles. The zero-order valence-corrected chi connectivity index (χ0v) is 12.6. The van der Waals surface area contributed by atoms with Crippen molar-refractivity contribution >= 4 is 76.5 Å². The fourth-order valence-electron chi connectivity index (χ4n) is 0.802. The van der Waals surface area contributed by atoms with Gasteiger partial charge in [0.25, 0.3) is 0 Å². The van der Waals surface area contributed by atoms with E-state index in [0.29, 0.717) is 17.9 Å². The van der Waals surface area contributed by atoms with Crippen LogP contribution in [0.5, 0.6) is 0 Å². The molecule has 0 aromatic carbocycles. The second kappa shape index (κ2) is 5.26. The highest BCUT2D eigenvalue weighted by molar-refractivity contribution is 9.14. The lowest BCUT2D eigenvalue weighted by Gasteiger charge is -1.96. The maximum Gasteiger partial charge on any atom is 0.167 e. The highest BCUT2D eigenvalue weighted by Crippen LogP contribution is 2.41. The average Bonchev–Trinajstić information content (AvgIpc) is 2.27. The minimum Gasteiger partial charge on any atom is -0.294 e. The number of Topliss-reactive ketones (excluding diaryl/α,β-unsaturated/α-hetero) is 1. The summed E-state index contributed by atoms with van der Waals surface area (Å²) in [5.41, 5.74) is 0.678. The van der Waals surface area contributed by atoms with E-state index in [1.165, 1.54) is 11.3 Å². The van der Waals surface area contributed by atoms with E-state index in [9.17, 15) is 4.79 Å². The van der Waals surface area contributed by atoms with E-state index in [-0.39, 0.29) is 5.78 Å². The molecule has 0 aliphatic heterocycles. The quantitative estimate of drug-likeness (QED) is 0.514. The van der Waals surface area contributed by atoms with Crippen LogP contribution < -0.4 is 0 Å². The van der Waals surface area contributed by atoms with Crippen LogP contribution in [0.4, 0.5) is 0 Å². The van der Waals surface area contributed by atoms with Gasteiger partial charge >= 0.3 is 0 Å². The van der Waals surface area contributed by atoms with Gasteiger partial charge in [0, 0.05) is 12.3 Å². The Bertz CT molecular complexity index is 337. The monoisotopic (exact) mass is 408 g/mol. The van der Waals surface area contributed by atoms with Crippen molar-refractivity contribution in [2.24, 2.45) is 0 Å². The molecule has 0 aliphatic rings. The summed E-state index contributed by atoms with van der Waals surface area (Å²) in [5, 5.41) is 0. The van der Waals surface area contributed by atoms with Gasteiger partial charge in [0.05, 0.1) is 17.6 Å². The maximum absolute atomic E-state index is 11.5. The van der Waals surface area contributed by atoms with Gasteiger partial charge in [0.15, 0.2) is 5.78 Å². The van der Waals surface area contributed by atoms with Crippen LogP contribution in [-0.2, 0) is 0 Å². The number of thiophene rings is 1. The van der Waals surface area contributed by atoms with Gasteiger partial charge in [-0.05, 0) is 47.8 Å². The molecule has 1 rings (SSSR count). The number of rotatable bonds is 3. The van der Waals surface area contributed by atoms with Gasteiger partial charge in [0.1, 0.15) is 0 Å². The molecule has 1 heterocycles. The third-order valence-electron chi connectivity index (χ3n) is 1.37. The number of carbonyl (C=O) groups excluding carboxylic acids is 1. The summed E-state index contributed by atoms with van der Waals surface area (Å²) < 4.78 is 2.55. The second-order valence-electron chi connectivity index (χ2n) is 2.20. The van der Waals surface area contributed by atoms with Crippen LogP contribution in [0.25, 0.3) is 0 Å². The Morgan fingerprint density at radius 3 is 2.31 bits per heavy atom. The Morgan fingerprint density at radius 2 is 1.92 bits per heavy atom. The molecule has 1 aromatic rings. The summed E-state index contributed by atoms with van der Waals surface area (Å²) >= 11 is 17.0. The van der Waals surface area contributed by atoms with Gasteiger partial charge in [-0.3, -0.25) is 4.79 Å². The lowest BCUT2D eigenvalue weighted by molar-refractivity contribution is 0.0988. The first kappa shape index (κ1) is 12.2. The number of ketones is 1. The summed E-state index contributed by atoms with van der Waals surface area (Å²) in [7, 11) is 0. The number of hydrogen-bond donors (Lipinski definition) is 0. The van der Waals surface area contributed by atoms with E-state index in [2.05, 4.69) is 47.8 Å². The molecule has 0 amide bonds. The first-order valence-electron chi connectivity index (χ1n) is 3.30. The van der Waals surface area contributed by atoms with Gasteiger partial charge < -0.3 is 0 Å². The van der Waals surface area contributed by atoms with Crippen molar-refractivity contribution in [3.63, 3.8) is 0 Å². The highest BCUT2D eigenvalue weighted by atomic mass is 79.9. The van der Waals surface area contributed by atoms with Crippen molar-refractivity contribution in [3.05, 3.63) is 17.6 Å². The van der Waals surface area contributed by atoms with Crippen LogP contribution in [0.1, 0.15) is 16.8 Å². The molecule has 0 saturated heterocycles. The molecule has 1 nitrogen and oxygen atoms in total. The van der Waals surface area contributed by atoms with Crippen LogP contribution in [0.3, 0.4) is 0 Å². The van der Waals surface area contributed by atoms with Gasteiger partial charge in [-0.2, -0.15) is 0 Å². The molecule has 0 unspecified atom stereocenters. The molecule has 0 aliphatic carbocycles. The van der Waals surface area contributed by atoms with Gasteiger partial charge in [0.2, 0.25) is 0 Å². The number of carbonyl (C=O) groups is 1. The molecule has 0 atom stereocenters. The topological polar surface area (TPSA) is 17.1 Å². The van der Waals surface area contributed by atoms with Crippen molar-refractivity contribution in [2.45, 2.75) is 6.42 Å². The fourth-order valence-corrected chi connectivity index (χ4v) is 4.94. The zero-order chi connectivity index (χ0) is 10.0. The second-order valence-corrected chi connectivity index (χ2v) is 7.03.